The first-order chi connectivity index (χ1) is 23.3. The fourth-order valence-electron chi connectivity index (χ4n) is 4.09. The summed E-state index contributed by atoms with van der Waals surface area (Å²) in [4.78, 5) is 29.1. The second-order valence-corrected chi connectivity index (χ2v) is 14.6. The van der Waals surface area contributed by atoms with E-state index in [-0.39, 0.29) is 35.8 Å². The van der Waals surface area contributed by atoms with Crippen LogP contribution >= 0.6 is 21.6 Å². The van der Waals surface area contributed by atoms with E-state index in [0.717, 1.165) is 44.3 Å². The smallest absolute Gasteiger partial charge is 0.253 e. The second kappa shape index (κ2) is 29.1. The van der Waals surface area contributed by atoms with Gasteiger partial charge in [0.2, 0.25) is 5.91 Å². The summed E-state index contributed by atoms with van der Waals surface area (Å²) in [6.45, 7) is 7.10. The van der Waals surface area contributed by atoms with Gasteiger partial charge in [0.05, 0.1) is 24.3 Å². The van der Waals surface area contributed by atoms with Crippen LogP contribution in [0.4, 0.5) is 0 Å². The minimum Gasteiger partial charge on any atom is -0.394 e. The zero-order valence-electron chi connectivity index (χ0n) is 29.1. The molecule has 8 nitrogen and oxygen atoms in total. The molecule has 10 heteroatoms. The number of aliphatic hydroxyl groups excluding tert-OH is 2. The quantitative estimate of drug-likeness (QED) is 0.0383. The van der Waals surface area contributed by atoms with Gasteiger partial charge in [0, 0.05) is 48.9 Å². The van der Waals surface area contributed by atoms with Crippen molar-refractivity contribution in [1.29, 1.82) is 0 Å². The Balaban J connectivity index is 2.23. The molecule has 1 aromatic heterocycles. The summed E-state index contributed by atoms with van der Waals surface area (Å²) in [6.07, 6.45) is 35.3. The summed E-state index contributed by atoms with van der Waals surface area (Å²) in [6, 6.07) is 3.15. The number of nitrogens with zero attached hydrogens (tertiary/aromatic N) is 1. The van der Waals surface area contributed by atoms with E-state index in [9.17, 15) is 14.7 Å². The fourth-order valence-corrected chi connectivity index (χ4v) is 6.68. The van der Waals surface area contributed by atoms with Crippen molar-refractivity contribution >= 4 is 33.4 Å². The molecule has 5 N–H and O–H groups in total. The van der Waals surface area contributed by atoms with Crippen LogP contribution in [0.2, 0.25) is 0 Å². The number of rotatable bonds is 27. The average Bonchev–Trinajstić information content (AvgIpc) is 3.08. The molecule has 266 valence electrons. The molecule has 0 spiro atoms. The van der Waals surface area contributed by atoms with Gasteiger partial charge < -0.3 is 26.2 Å². The van der Waals surface area contributed by atoms with Crippen LogP contribution < -0.4 is 16.0 Å². The maximum Gasteiger partial charge on any atom is 0.253 e. The topological polar surface area (TPSA) is 124 Å². The normalized spacial score (nSPS) is 13.9. The van der Waals surface area contributed by atoms with Gasteiger partial charge in [0.25, 0.3) is 5.91 Å². The van der Waals surface area contributed by atoms with E-state index < -0.39 is 6.10 Å². The van der Waals surface area contributed by atoms with Gasteiger partial charge >= 0.3 is 0 Å². The van der Waals surface area contributed by atoms with E-state index in [0.29, 0.717) is 31.5 Å². The molecule has 0 aromatic carbocycles. The molecule has 0 aliphatic heterocycles. The highest BCUT2D eigenvalue weighted by Gasteiger charge is 2.32. The van der Waals surface area contributed by atoms with Crippen molar-refractivity contribution in [1.82, 2.24) is 20.9 Å². The molecule has 2 amide bonds. The number of hydrogen-bond donors (Lipinski definition) is 5. The Labute approximate surface area is 297 Å². The summed E-state index contributed by atoms with van der Waals surface area (Å²) >= 11 is 0. The number of allylic oxidation sites excluding steroid dienone is 12. The first-order valence-electron chi connectivity index (χ1n) is 17.0. The highest BCUT2D eigenvalue weighted by molar-refractivity contribution is 8.77. The van der Waals surface area contributed by atoms with Crippen molar-refractivity contribution in [3.05, 3.63) is 103 Å². The Bertz CT molecular complexity index is 1170. The number of hydrogen-bond acceptors (Lipinski definition) is 8. The minimum absolute atomic E-state index is 0.0349. The standard InChI is InChI=1S/C38H58N4O4S2/c1-4-5-6-7-8-9-10-11-12-13-14-15-16-17-18-19-20-21-22-25-36(45)41-27-28-47-48-38(2,3)35(31-40-30-34(44)32-43)42-37(46)33-24-23-26-39-29-33/h5-6,8-9,11-12,14-15,17-18,20-21,23-24,26,29,34-35,40,43-44H,4,7,10,13,16,19,22,25,27-28,30-32H2,1-3H3,(H,41,45)(H,42,46)/b6-5-,9-8-,12-11-,15-14-,18-17-,21-20-/t34-,35-/m1/s1. The van der Waals surface area contributed by atoms with Gasteiger partial charge in [0.15, 0.2) is 0 Å². The highest BCUT2D eigenvalue weighted by Crippen LogP contribution is 2.38. The largest absolute Gasteiger partial charge is 0.394 e. The van der Waals surface area contributed by atoms with Gasteiger partial charge in [-0.15, -0.1) is 0 Å². The zero-order valence-corrected chi connectivity index (χ0v) is 30.7. The number of nitrogens with one attached hydrogen (secondary N) is 3. The molecule has 48 heavy (non-hydrogen) atoms. The predicted molar refractivity (Wildman–Crippen MR) is 206 cm³/mol. The van der Waals surface area contributed by atoms with Crippen LogP contribution in [0.25, 0.3) is 0 Å². The van der Waals surface area contributed by atoms with Gasteiger partial charge in [-0.05, 0) is 70.9 Å². The van der Waals surface area contributed by atoms with Crippen molar-refractivity contribution in [3.63, 3.8) is 0 Å². The molecular weight excluding hydrogens is 641 g/mol. The van der Waals surface area contributed by atoms with Crippen molar-refractivity contribution < 1.29 is 19.8 Å². The molecule has 0 saturated carbocycles. The van der Waals surface area contributed by atoms with Gasteiger partial charge in [-0.3, -0.25) is 14.6 Å². The molecule has 0 aliphatic carbocycles. The number of aromatic nitrogens is 1. The summed E-state index contributed by atoms with van der Waals surface area (Å²) in [5, 5.41) is 28.0. The molecule has 2 atom stereocenters. The Morgan fingerprint density at radius 3 is 2.02 bits per heavy atom. The Morgan fingerprint density at radius 2 is 1.48 bits per heavy atom. The van der Waals surface area contributed by atoms with Crippen LogP contribution in [-0.2, 0) is 4.79 Å². The lowest BCUT2D eigenvalue weighted by Gasteiger charge is -2.34. The summed E-state index contributed by atoms with van der Waals surface area (Å²) in [7, 11) is 3.27. The predicted octanol–water partition coefficient (Wildman–Crippen LogP) is 6.88. The minimum atomic E-state index is -0.868. The molecule has 0 bridgehead atoms. The maximum atomic E-state index is 12.8. The Kier molecular flexibility index (Phi) is 26.1. The van der Waals surface area contributed by atoms with E-state index in [1.165, 1.54) is 6.20 Å². The van der Waals surface area contributed by atoms with Crippen molar-refractivity contribution in [2.75, 3.05) is 32.0 Å². The van der Waals surface area contributed by atoms with Crippen LogP contribution in [0.15, 0.2) is 97.4 Å². The van der Waals surface area contributed by atoms with E-state index in [1.54, 1.807) is 39.9 Å². The number of pyridine rings is 1. The Hall–Kier alpha value is -2.89. The average molecular weight is 699 g/mol. The molecule has 0 radical (unpaired) electrons. The Morgan fingerprint density at radius 1 is 0.896 bits per heavy atom. The van der Waals surface area contributed by atoms with Gasteiger partial charge in [-0.25, -0.2) is 0 Å². The lowest BCUT2D eigenvalue weighted by atomic mass is 10.0. The van der Waals surface area contributed by atoms with Gasteiger partial charge in [-0.1, -0.05) is 101 Å². The third-order valence-electron chi connectivity index (χ3n) is 6.92. The van der Waals surface area contributed by atoms with Crippen LogP contribution in [0.1, 0.15) is 82.5 Å². The summed E-state index contributed by atoms with van der Waals surface area (Å²) < 4.78 is -0.375. The molecule has 1 rings (SSSR count). The van der Waals surface area contributed by atoms with Crippen LogP contribution in [0.5, 0.6) is 0 Å². The first-order valence-corrected chi connectivity index (χ1v) is 19.3. The van der Waals surface area contributed by atoms with E-state index >= 15 is 0 Å². The van der Waals surface area contributed by atoms with Crippen molar-refractivity contribution in [3.8, 4) is 0 Å². The number of carbonyl (C=O) groups is 2. The van der Waals surface area contributed by atoms with Crippen LogP contribution in [0, 0.1) is 0 Å². The lowest BCUT2D eigenvalue weighted by molar-refractivity contribution is -0.120. The lowest BCUT2D eigenvalue weighted by Crippen LogP contribution is -2.53. The monoisotopic (exact) mass is 698 g/mol. The van der Waals surface area contributed by atoms with Gasteiger partial charge in [0.1, 0.15) is 0 Å². The van der Waals surface area contributed by atoms with Crippen molar-refractivity contribution in [2.24, 2.45) is 0 Å². The molecule has 1 aromatic rings. The zero-order chi connectivity index (χ0) is 35.1. The first kappa shape index (κ1) is 43.1. The SMILES string of the molecule is CC/C=C\C/C=C\C/C=C\C/C=C\C/C=C\C/C=C\CCC(=O)NCCSSC(C)(C)[C@@H](CNC[C@@H](O)CO)NC(=O)c1cccnc1. The number of carbonyl (C=O) groups excluding carboxylic acids is 2. The summed E-state index contributed by atoms with van der Waals surface area (Å²) in [5.41, 5.74) is 0.470. The van der Waals surface area contributed by atoms with E-state index in [2.05, 4.69) is 101 Å². The van der Waals surface area contributed by atoms with Crippen LogP contribution in [-0.4, -0.2) is 75.9 Å². The highest BCUT2D eigenvalue weighted by atomic mass is 33.1. The van der Waals surface area contributed by atoms with Gasteiger partial charge in [-0.2, -0.15) is 0 Å². The second-order valence-electron chi connectivity index (χ2n) is 11.6. The van der Waals surface area contributed by atoms with E-state index in [4.69, 9.17) is 5.11 Å². The maximum absolute atomic E-state index is 12.8. The molecule has 0 saturated heterocycles. The molecule has 0 fully saturated rings. The fraction of sp³-hybridized carbons (Fsp3) is 0.500. The number of amides is 2. The van der Waals surface area contributed by atoms with Crippen molar-refractivity contribution in [2.45, 2.75) is 89.0 Å². The molecular formula is C38H58N4O4S2. The van der Waals surface area contributed by atoms with Crippen LogP contribution in [0.3, 0.4) is 0 Å². The molecule has 1 heterocycles. The summed E-state index contributed by atoms with van der Waals surface area (Å²) in [5.74, 6) is 0.530. The van der Waals surface area contributed by atoms with E-state index in [1.807, 2.05) is 13.8 Å². The number of aliphatic hydroxyl groups is 2. The third-order valence-corrected chi connectivity index (χ3v) is 10.3. The molecule has 0 aliphatic rings. The molecule has 0 unspecified atom stereocenters. The third kappa shape index (κ3) is 23.4.